The maximum atomic E-state index is 14.8. The Balaban J connectivity index is 2.02. The lowest BCUT2D eigenvalue weighted by Crippen LogP contribution is -2.29. The minimum atomic E-state index is -0.557. The SMILES string of the molecule is Cc1cc(OCc2n[nH]c(=O)n2C)c(-c2cc(C(=O)N(C)CCO)ccc2F)cc1Cl. The zero-order valence-corrected chi connectivity index (χ0v) is 18.0. The molecule has 1 heterocycles. The number of rotatable bonds is 7. The molecule has 1 aromatic heterocycles. The molecule has 2 N–H and O–H groups in total. The molecule has 0 atom stereocenters. The number of nitrogens with zero attached hydrogens (tertiary/aromatic N) is 3. The number of carbonyl (C=O) groups excluding carboxylic acids is 1. The quantitative estimate of drug-likeness (QED) is 0.578. The lowest BCUT2D eigenvalue weighted by molar-refractivity contribution is 0.0767. The normalized spacial score (nSPS) is 10.9. The van der Waals surface area contributed by atoms with Gasteiger partial charge in [0.1, 0.15) is 18.2 Å². The van der Waals surface area contributed by atoms with Gasteiger partial charge < -0.3 is 14.7 Å². The summed E-state index contributed by atoms with van der Waals surface area (Å²) < 4.78 is 21.9. The van der Waals surface area contributed by atoms with Gasteiger partial charge >= 0.3 is 5.69 Å². The maximum absolute atomic E-state index is 14.8. The Bertz CT molecular complexity index is 1170. The minimum Gasteiger partial charge on any atom is -0.485 e. The van der Waals surface area contributed by atoms with Crippen molar-refractivity contribution >= 4 is 17.5 Å². The summed E-state index contributed by atoms with van der Waals surface area (Å²) in [5.41, 5.74) is 1.08. The van der Waals surface area contributed by atoms with Crippen molar-refractivity contribution < 1.29 is 19.0 Å². The van der Waals surface area contributed by atoms with E-state index in [-0.39, 0.29) is 42.5 Å². The monoisotopic (exact) mass is 448 g/mol. The number of halogens is 2. The molecule has 3 rings (SSSR count). The Hall–Kier alpha value is -3.17. The van der Waals surface area contributed by atoms with Crippen LogP contribution in [0.25, 0.3) is 11.1 Å². The number of aromatic nitrogens is 3. The lowest BCUT2D eigenvalue weighted by atomic mass is 9.99. The first-order chi connectivity index (χ1) is 14.7. The first-order valence-electron chi connectivity index (χ1n) is 9.42. The first-order valence-corrected chi connectivity index (χ1v) is 9.80. The molecular weight excluding hydrogens is 427 g/mol. The Morgan fingerprint density at radius 2 is 2.06 bits per heavy atom. The van der Waals surface area contributed by atoms with Crippen molar-refractivity contribution in [2.75, 3.05) is 20.2 Å². The number of aliphatic hydroxyl groups is 1. The largest absolute Gasteiger partial charge is 0.485 e. The predicted octanol–water partition coefficient (Wildman–Crippen LogP) is 2.52. The standard InChI is InChI=1S/C21H22ClFN4O4/c1-12-8-18(31-11-19-24-25-21(30)27(19)3)15(10-16(12)22)14-9-13(4-5-17(14)23)20(29)26(2)6-7-28/h4-5,8-10,28H,6-7,11H2,1-3H3,(H,25,30). The van der Waals surface area contributed by atoms with Gasteiger partial charge in [-0.1, -0.05) is 11.6 Å². The van der Waals surface area contributed by atoms with E-state index in [9.17, 15) is 14.0 Å². The average Bonchev–Trinajstić information content (AvgIpc) is 3.06. The molecule has 1 amide bonds. The molecule has 0 saturated heterocycles. The van der Waals surface area contributed by atoms with E-state index in [1.165, 1.54) is 27.7 Å². The molecule has 0 bridgehead atoms. The fourth-order valence-electron chi connectivity index (χ4n) is 2.97. The summed E-state index contributed by atoms with van der Waals surface area (Å²) in [5, 5.41) is 15.7. The van der Waals surface area contributed by atoms with Gasteiger partial charge in [0.15, 0.2) is 5.82 Å². The molecule has 2 aromatic carbocycles. The molecule has 0 radical (unpaired) electrons. The van der Waals surface area contributed by atoms with Crippen molar-refractivity contribution in [3.63, 3.8) is 0 Å². The van der Waals surface area contributed by atoms with Crippen LogP contribution < -0.4 is 10.4 Å². The molecule has 0 unspecified atom stereocenters. The second-order valence-electron chi connectivity index (χ2n) is 7.04. The van der Waals surface area contributed by atoms with E-state index in [0.717, 1.165) is 0 Å². The molecular formula is C21H22ClFN4O4. The van der Waals surface area contributed by atoms with E-state index in [4.69, 9.17) is 21.4 Å². The number of H-pyrrole nitrogens is 1. The molecule has 0 fully saturated rings. The first kappa shape index (κ1) is 22.5. The summed E-state index contributed by atoms with van der Waals surface area (Å²) in [4.78, 5) is 25.5. The van der Waals surface area contributed by atoms with Gasteiger partial charge in [0.2, 0.25) is 0 Å². The highest BCUT2D eigenvalue weighted by Gasteiger charge is 2.19. The Morgan fingerprint density at radius 1 is 1.32 bits per heavy atom. The van der Waals surface area contributed by atoms with Gasteiger partial charge in [0, 0.05) is 42.4 Å². The Morgan fingerprint density at radius 3 is 2.71 bits per heavy atom. The van der Waals surface area contributed by atoms with Crippen LogP contribution in [0.15, 0.2) is 35.1 Å². The minimum absolute atomic E-state index is 0.0389. The summed E-state index contributed by atoms with van der Waals surface area (Å²) >= 11 is 6.28. The van der Waals surface area contributed by atoms with Gasteiger partial charge in [0.05, 0.1) is 6.61 Å². The van der Waals surface area contributed by atoms with E-state index in [2.05, 4.69) is 10.2 Å². The van der Waals surface area contributed by atoms with Gasteiger partial charge in [-0.05, 0) is 42.8 Å². The molecule has 0 spiro atoms. The Labute approximate surface area is 182 Å². The third-order valence-corrected chi connectivity index (χ3v) is 5.28. The molecule has 0 saturated carbocycles. The maximum Gasteiger partial charge on any atom is 0.343 e. The number of hydrogen-bond donors (Lipinski definition) is 2. The van der Waals surface area contributed by atoms with Gasteiger partial charge in [-0.3, -0.25) is 9.36 Å². The molecule has 10 heteroatoms. The van der Waals surface area contributed by atoms with Crippen molar-refractivity contribution in [3.8, 4) is 16.9 Å². The van der Waals surface area contributed by atoms with Crippen LogP contribution in [-0.2, 0) is 13.7 Å². The third kappa shape index (κ3) is 4.78. The van der Waals surface area contributed by atoms with E-state index in [1.54, 1.807) is 33.2 Å². The van der Waals surface area contributed by atoms with E-state index >= 15 is 0 Å². The summed E-state index contributed by atoms with van der Waals surface area (Å²) in [7, 11) is 3.10. The molecule has 0 aliphatic heterocycles. The van der Waals surface area contributed by atoms with E-state index in [1.807, 2.05) is 0 Å². The number of aliphatic hydroxyl groups excluding tert-OH is 1. The van der Waals surface area contributed by atoms with Crippen molar-refractivity contribution in [1.82, 2.24) is 19.7 Å². The van der Waals surface area contributed by atoms with Crippen LogP contribution in [0.3, 0.4) is 0 Å². The van der Waals surface area contributed by atoms with Crippen LogP contribution >= 0.6 is 11.6 Å². The van der Waals surface area contributed by atoms with Gasteiger partial charge in [-0.25, -0.2) is 14.3 Å². The lowest BCUT2D eigenvalue weighted by Gasteiger charge is -2.18. The van der Waals surface area contributed by atoms with Crippen molar-refractivity contribution in [2.45, 2.75) is 13.5 Å². The second kappa shape index (κ2) is 9.32. The van der Waals surface area contributed by atoms with Crippen LogP contribution in [0.5, 0.6) is 5.75 Å². The third-order valence-electron chi connectivity index (χ3n) is 4.88. The van der Waals surface area contributed by atoms with Crippen molar-refractivity contribution in [1.29, 1.82) is 0 Å². The van der Waals surface area contributed by atoms with Crippen LogP contribution in [0.2, 0.25) is 5.02 Å². The topological polar surface area (TPSA) is 100 Å². The number of amides is 1. The van der Waals surface area contributed by atoms with Gasteiger partial charge in [-0.15, -0.1) is 0 Å². The zero-order valence-electron chi connectivity index (χ0n) is 17.3. The summed E-state index contributed by atoms with van der Waals surface area (Å²) in [6, 6.07) is 7.23. The van der Waals surface area contributed by atoms with Crippen LogP contribution in [-0.4, -0.2) is 50.9 Å². The number of aryl methyl sites for hydroxylation is 1. The number of benzene rings is 2. The molecule has 31 heavy (non-hydrogen) atoms. The van der Waals surface area contributed by atoms with Crippen LogP contribution in [0, 0.1) is 12.7 Å². The fraction of sp³-hybridized carbons (Fsp3) is 0.286. The Kier molecular flexibility index (Phi) is 6.77. The van der Waals surface area contributed by atoms with E-state index < -0.39 is 5.82 Å². The molecule has 164 valence electrons. The van der Waals surface area contributed by atoms with Gasteiger partial charge in [0.25, 0.3) is 5.91 Å². The summed E-state index contributed by atoms with van der Waals surface area (Å²) in [5.74, 6) is -0.232. The van der Waals surface area contributed by atoms with Crippen LogP contribution in [0.4, 0.5) is 4.39 Å². The number of likely N-dealkylation sites (N-methyl/N-ethyl adjacent to an activating group) is 1. The fourth-order valence-corrected chi connectivity index (χ4v) is 3.14. The average molecular weight is 449 g/mol. The molecule has 3 aromatic rings. The predicted molar refractivity (Wildman–Crippen MR) is 114 cm³/mol. The molecule has 0 aliphatic carbocycles. The second-order valence-corrected chi connectivity index (χ2v) is 7.44. The number of nitrogens with one attached hydrogen (secondary N) is 1. The number of carbonyl (C=O) groups is 1. The summed E-state index contributed by atoms with van der Waals surface area (Å²) in [6.07, 6.45) is 0. The highest BCUT2D eigenvalue weighted by molar-refractivity contribution is 6.31. The molecule has 0 aliphatic rings. The zero-order chi connectivity index (χ0) is 22.7. The molecule has 8 nitrogen and oxygen atoms in total. The smallest absolute Gasteiger partial charge is 0.343 e. The van der Waals surface area contributed by atoms with Crippen LogP contribution in [0.1, 0.15) is 21.7 Å². The van der Waals surface area contributed by atoms with Gasteiger partial charge in [-0.2, -0.15) is 5.10 Å². The number of aromatic amines is 1. The summed E-state index contributed by atoms with van der Waals surface area (Å²) in [6.45, 7) is 1.71. The number of hydrogen-bond acceptors (Lipinski definition) is 5. The van der Waals surface area contributed by atoms with Crippen molar-refractivity contribution in [2.24, 2.45) is 7.05 Å². The number of ether oxygens (including phenoxy) is 1. The van der Waals surface area contributed by atoms with Crippen molar-refractivity contribution in [3.05, 3.63) is 68.6 Å². The van der Waals surface area contributed by atoms with E-state index in [0.29, 0.717) is 27.7 Å². The highest BCUT2D eigenvalue weighted by atomic mass is 35.5. The highest BCUT2D eigenvalue weighted by Crippen LogP contribution is 2.37.